The Kier molecular flexibility index (Phi) is 5.22. The van der Waals surface area contributed by atoms with Gasteiger partial charge in [-0.3, -0.25) is 14.5 Å². The number of benzene rings is 1. The van der Waals surface area contributed by atoms with Crippen LogP contribution in [0.2, 0.25) is 0 Å². The molecule has 1 aliphatic heterocycles. The Morgan fingerprint density at radius 2 is 2.03 bits per heavy atom. The highest BCUT2D eigenvalue weighted by atomic mass is 16.5. The molecule has 1 fully saturated rings. The molecule has 0 spiro atoms. The molecule has 1 saturated carbocycles. The second kappa shape index (κ2) is 7.97. The van der Waals surface area contributed by atoms with Crippen LogP contribution < -0.4 is 15.0 Å². The number of methoxy groups -OCH3 is 1. The lowest BCUT2D eigenvalue weighted by Gasteiger charge is -2.45. The van der Waals surface area contributed by atoms with Crippen LogP contribution >= 0.6 is 0 Å². The number of nitrogens with zero attached hydrogens (tertiary/aromatic N) is 2. The molecule has 1 aromatic carbocycles. The molecule has 1 aliphatic carbocycles. The normalized spacial score (nSPS) is 27.5. The first-order valence-corrected chi connectivity index (χ1v) is 11.7. The van der Waals surface area contributed by atoms with E-state index in [1.807, 2.05) is 35.8 Å². The predicted molar refractivity (Wildman–Crippen MR) is 127 cm³/mol. The number of carbonyl (C=O) groups is 2. The average Bonchev–Trinajstić information content (AvgIpc) is 3.39. The minimum Gasteiger partial charge on any atom is -0.497 e. The van der Waals surface area contributed by atoms with E-state index in [2.05, 4.69) is 19.2 Å². The van der Waals surface area contributed by atoms with Gasteiger partial charge in [0.05, 0.1) is 25.4 Å². The van der Waals surface area contributed by atoms with Crippen molar-refractivity contribution >= 4 is 28.6 Å². The van der Waals surface area contributed by atoms with Gasteiger partial charge in [-0.25, -0.2) is 0 Å². The number of amides is 2. The molecule has 0 bridgehead atoms. The fraction of sp³-hybridized carbons (Fsp3) is 0.462. The van der Waals surface area contributed by atoms with Crippen molar-refractivity contribution in [1.29, 1.82) is 0 Å². The fourth-order valence-corrected chi connectivity index (χ4v) is 5.48. The van der Waals surface area contributed by atoms with Crippen LogP contribution in [0.1, 0.15) is 50.5 Å². The lowest BCUT2D eigenvalue weighted by Crippen LogP contribution is -2.66. The van der Waals surface area contributed by atoms with Crippen molar-refractivity contribution in [3.8, 4) is 5.75 Å². The van der Waals surface area contributed by atoms with Crippen molar-refractivity contribution in [2.24, 2.45) is 11.8 Å². The van der Waals surface area contributed by atoms with Crippen LogP contribution in [0.5, 0.6) is 5.75 Å². The largest absolute Gasteiger partial charge is 0.497 e. The number of carbonyl (C=O) groups excluding carboxylic acids is 2. The molecular weight excluding hydrogens is 418 g/mol. The third-order valence-corrected chi connectivity index (χ3v) is 7.73. The second-order valence-corrected chi connectivity index (χ2v) is 9.75. The summed E-state index contributed by atoms with van der Waals surface area (Å²) in [4.78, 5) is 29.4. The first-order chi connectivity index (χ1) is 15.8. The summed E-state index contributed by atoms with van der Waals surface area (Å²) in [7, 11) is 1.59. The van der Waals surface area contributed by atoms with Gasteiger partial charge in [0.25, 0.3) is 5.91 Å². The van der Waals surface area contributed by atoms with E-state index in [1.54, 1.807) is 30.4 Å². The number of hydrogen-bond acceptors (Lipinski definition) is 4. The maximum atomic E-state index is 14.0. The Labute approximate surface area is 193 Å². The molecule has 7 heteroatoms. The van der Waals surface area contributed by atoms with Crippen molar-refractivity contribution in [2.45, 2.75) is 58.2 Å². The Morgan fingerprint density at radius 3 is 2.82 bits per heavy atom. The van der Waals surface area contributed by atoms with Crippen molar-refractivity contribution in [2.75, 3.05) is 12.0 Å². The molecule has 3 aromatic rings. The molecule has 1 N–H and O–H groups in total. The van der Waals surface area contributed by atoms with Crippen molar-refractivity contribution in [1.82, 2.24) is 9.88 Å². The van der Waals surface area contributed by atoms with Crippen LogP contribution in [0.3, 0.4) is 0 Å². The van der Waals surface area contributed by atoms with E-state index in [-0.39, 0.29) is 17.9 Å². The van der Waals surface area contributed by atoms with Gasteiger partial charge in [0, 0.05) is 29.9 Å². The zero-order chi connectivity index (χ0) is 23.3. The van der Waals surface area contributed by atoms with E-state index in [4.69, 9.17) is 9.15 Å². The smallest absolute Gasteiger partial charge is 0.276 e. The number of hydrogen-bond donors (Lipinski definition) is 1. The van der Waals surface area contributed by atoms with Crippen LogP contribution in [0, 0.1) is 11.8 Å². The third kappa shape index (κ3) is 3.41. The van der Waals surface area contributed by atoms with E-state index >= 15 is 0 Å². The van der Waals surface area contributed by atoms with Crippen molar-refractivity contribution in [3.05, 3.63) is 48.4 Å². The Bertz CT molecular complexity index is 1210. The standard InChI is InChI=1S/C26H31N3O4/c1-16-7-5-10-20(17(16)2)27-25(31)26(3)15-28-21-11-12-33-23(21)14-22(28)24(30)29(26)18-8-6-9-19(13-18)32-4/h6,8-9,11-14,16-17,20H,5,7,10,15H2,1-4H3,(H,27,31)/t16-,17-,20-,26-/m1/s1. The van der Waals surface area contributed by atoms with Gasteiger partial charge in [0.2, 0.25) is 5.91 Å². The van der Waals surface area contributed by atoms with E-state index in [0.29, 0.717) is 41.1 Å². The van der Waals surface area contributed by atoms with E-state index < -0.39 is 5.54 Å². The van der Waals surface area contributed by atoms with Crippen LogP contribution in [0.4, 0.5) is 5.69 Å². The number of nitrogens with one attached hydrogen (secondary N) is 1. The molecule has 5 rings (SSSR count). The molecular formula is C26H31N3O4. The number of fused-ring (bicyclic) bond motifs is 3. The minimum atomic E-state index is -1.12. The van der Waals surface area contributed by atoms with Gasteiger partial charge in [0.15, 0.2) is 5.58 Å². The van der Waals surface area contributed by atoms with Crippen molar-refractivity contribution in [3.63, 3.8) is 0 Å². The molecule has 4 atom stereocenters. The maximum Gasteiger partial charge on any atom is 0.276 e. The van der Waals surface area contributed by atoms with Gasteiger partial charge in [0.1, 0.15) is 17.0 Å². The van der Waals surface area contributed by atoms with Crippen LogP contribution in [-0.2, 0) is 11.3 Å². The molecule has 0 radical (unpaired) electrons. The molecule has 2 aromatic heterocycles. The summed E-state index contributed by atoms with van der Waals surface area (Å²) in [6.45, 7) is 6.64. The van der Waals surface area contributed by atoms with E-state index in [0.717, 1.165) is 18.4 Å². The average molecular weight is 450 g/mol. The lowest BCUT2D eigenvalue weighted by atomic mass is 9.77. The first-order valence-electron chi connectivity index (χ1n) is 11.7. The molecule has 2 aliphatic rings. The molecule has 7 nitrogen and oxygen atoms in total. The Balaban J connectivity index is 1.59. The summed E-state index contributed by atoms with van der Waals surface area (Å²) >= 11 is 0. The van der Waals surface area contributed by atoms with Crippen LogP contribution in [0.15, 0.2) is 47.1 Å². The third-order valence-electron chi connectivity index (χ3n) is 7.73. The maximum absolute atomic E-state index is 14.0. The highest BCUT2D eigenvalue weighted by Crippen LogP contribution is 2.38. The topological polar surface area (TPSA) is 76.7 Å². The highest BCUT2D eigenvalue weighted by molar-refractivity contribution is 6.13. The second-order valence-electron chi connectivity index (χ2n) is 9.75. The summed E-state index contributed by atoms with van der Waals surface area (Å²) < 4.78 is 12.9. The first kappa shape index (κ1) is 21.6. The van der Waals surface area contributed by atoms with Gasteiger partial charge in [-0.2, -0.15) is 0 Å². The molecule has 0 saturated heterocycles. The number of ether oxygens (including phenoxy) is 1. The van der Waals surface area contributed by atoms with Gasteiger partial charge in [-0.1, -0.05) is 32.8 Å². The summed E-state index contributed by atoms with van der Waals surface area (Å²) in [5.41, 5.74) is 1.48. The molecule has 2 amide bonds. The summed E-state index contributed by atoms with van der Waals surface area (Å²) in [6, 6.07) is 11.0. The number of rotatable bonds is 4. The number of anilines is 1. The summed E-state index contributed by atoms with van der Waals surface area (Å²) in [5, 5.41) is 3.32. The zero-order valence-electron chi connectivity index (χ0n) is 19.6. The molecule has 0 unspecified atom stereocenters. The lowest BCUT2D eigenvalue weighted by molar-refractivity contribution is -0.128. The zero-order valence-corrected chi connectivity index (χ0v) is 19.6. The van der Waals surface area contributed by atoms with E-state index in [1.165, 1.54) is 6.42 Å². The Hall–Kier alpha value is -3.22. The highest BCUT2D eigenvalue weighted by Gasteiger charge is 2.49. The monoisotopic (exact) mass is 449 g/mol. The number of aromatic nitrogens is 1. The molecule has 174 valence electrons. The predicted octanol–water partition coefficient (Wildman–Crippen LogP) is 4.60. The fourth-order valence-electron chi connectivity index (χ4n) is 5.48. The Morgan fingerprint density at radius 1 is 1.21 bits per heavy atom. The van der Waals surface area contributed by atoms with E-state index in [9.17, 15) is 9.59 Å². The number of furan rings is 1. The van der Waals surface area contributed by atoms with Gasteiger partial charge >= 0.3 is 0 Å². The SMILES string of the molecule is COc1cccc(N2C(=O)c3cc4occc4n3C[C@]2(C)C(=O)N[C@@H]2CCC[C@@H](C)[C@H]2C)c1. The molecule has 33 heavy (non-hydrogen) atoms. The minimum absolute atomic E-state index is 0.0975. The quantitative estimate of drug-likeness (QED) is 0.631. The van der Waals surface area contributed by atoms with Gasteiger partial charge in [-0.15, -0.1) is 0 Å². The summed E-state index contributed by atoms with van der Waals surface area (Å²) in [5.74, 6) is 1.20. The molecule has 3 heterocycles. The summed E-state index contributed by atoms with van der Waals surface area (Å²) in [6.07, 6.45) is 4.86. The van der Waals surface area contributed by atoms with Crippen molar-refractivity contribution < 1.29 is 18.7 Å². The van der Waals surface area contributed by atoms with Gasteiger partial charge < -0.3 is 19.0 Å². The van der Waals surface area contributed by atoms with Crippen LogP contribution in [-0.4, -0.2) is 35.1 Å². The van der Waals surface area contributed by atoms with Gasteiger partial charge in [-0.05, 0) is 37.3 Å². The van der Waals surface area contributed by atoms with Crippen LogP contribution in [0.25, 0.3) is 11.1 Å².